The Kier molecular flexibility index (Phi) is 9.55. The van der Waals surface area contributed by atoms with Gasteiger partial charge >= 0.3 is 11.9 Å². The molecule has 0 fully saturated rings. The summed E-state index contributed by atoms with van der Waals surface area (Å²) in [5.41, 5.74) is 5.33. The lowest BCUT2D eigenvalue weighted by Crippen LogP contribution is -2.42. The van der Waals surface area contributed by atoms with E-state index >= 15 is 0 Å². The molecule has 190 valence electrons. The van der Waals surface area contributed by atoms with Gasteiger partial charge in [0, 0.05) is 23.1 Å². The van der Waals surface area contributed by atoms with Gasteiger partial charge in [-0.2, -0.15) is 4.98 Å². The number of nitrogens with zero attached hydrogens (tertiary/aromatic N) is 1. The predicted octanol–water partition coefficient (Wildman–Crippen LogP) is 1.94. The van der Waals surface area contributed by atoms with Crippen LogP contribution in [-0.2, 0) is 25.5 Å². The van der Waals surface area contributed by atoms with Gasteiger partial charge in [0.1, 0.15) is 16.8 Å². The molecule has 5 N–H and O–H groups in total. The number of thioether (sulfide) groups is 1. The van der Waals surface area contributed by atoms with Crippen LogP contribution in [0.25, 0.3) is 0 Å². The monoisotopic (exact) mass is 523 g/mol. The van der Waals surface area contributed by atoms with E-state index in [0.29, 0.717) is 22.1 Å². The quantitative estimate of drug-likeness (QED) is 0.320. The van der Waals surface area contributed by atoms with Gasteiger partial charge in [-0.25, -0.2) is 4.79 Å². The molecule has 1 aliphatic rings. The van der Waals surface area contributed by atoms with Crippen molar-refractivity contribution in [1.29, 1.82) is 0 Å². The molecule has 1 amide bonds. The number of nitrogens with two attached hydrogens (primary N) is 1. The number of amides is 1. The number of aromatic amines is 1. The summed E-state index contributed by atoms with van der Waals surface area (Å²) in [6.07, 6.45) is 1.59. The van der Waals surface area contributed by atoms with E-state index in [1.165, 1.54) is 23.1 Å². The Labute approximate surface area is 210 Å². The predicted molar refractivity (Wildman–Crippen MR) is 134 cm³/mol. The molecule has 3 rings (SSSR count). The van der Waals surface area contributed by atoms with E-state index in [1.54, 1.807) is 19.9 Å². The highest BCUT2D eigenvalue weighted by atomic mass is 32.2. The molecule has 0 aliphatic carbocycles. The Morgan fingerprint density at radius 1 is 1.26 bits per heavy atom. The van der Waals surface area contributed by atoms with E-state index in [4.69, 9.17) is 15.2 Å². The van der Waals surface area contributed by atoms with Gasteiger partial charge in [-0.05, 0) is 45.2 Å². The van der Waals surface area contributed by atoms with Crippen LogP contribution in [0.5, 0.6) is 0 Å². The second kappa shape index (κ2) is 12.6. The zero-order valence-electron chi connectivity index (χ0n) is 19.5. The molecule has 2 atom stereocenters. The number of hydrogen-bond donors (Lipinski definition) is 4. The van der Waals surface area contributed by atoms with Gasteiger partial charge < -0.3 is 25.8 Å². The number of nitrogen functional groups attached to an aromatic ring is 1. The van der Waals surface area contributed by atoms with Crippen LogP contribution >= 0.6 is 23.1 Å². The molecule has 1 aliphatic heterocycles. The summed E-state index contributed by atoms with van der Waals surface area (Å²) in [5, 5.41) is 5.99. The highest BCUT2D eigenvalue weighted by Crippen LogP contribution is 2.33. The normalized spacial score (nSPS) is 15.4. The second-order valence-electron chi connectivity index (χ2n) is 7.68. The molecule has 11 nitrogen and oxygen atoms in total. The van der Waals surface area contributed by atoms with E-state index in [9.17, 15) is 19.2 Å². The van der Waals surface area contributed by atoms with E-state index in [2.05, 4.69) is 20.6 Å². The van der Waals surface area contributed by atoms with Gasteiger partial charge in [-0.15, -0.1) is 23.1 Å². The van der Waals surface area contributed by atoms with Gasteiger partial charge in [0.25, 0.3) is 11.5 Å². The average Bonchev–Trinajstić information content (AvgIpc) is 3.30. The van der Waals surface area contributed by atoms with Gasteiger partial charge in [0.05, 0.1) is 18.1 Å². The number of hydrogen-bond acceptors (Lipinski definition) is 11. The van der Waals surface area contributed by atoms with Crippen molar-refractivity contribution in [2.75, 3.05) is 30.8 Å². The van der Waals surface area contributed by atoms with Gasteiger partial charge in [-0.1, -0.05) is 0 Å². The van der Waals surface area contributed by atoms with Crippen LogP contribution in [0, 0.1) is 0 Å². The maximum atomic E-state index is 12.8. The zero-order valence-corrected chi connectivity index (χ0v) is 21.2. The first kappa shape index (κ1) is 26.5. The summed E-state index contributed by atoms with van der Waals surface area (Å²) in [6.45, 7) is 4.44. The van der Waals surface area contributed by atoms with Crippen LogP contribution < -0.4 is 21.9 Å². The summed E-state index contributed by atoms with van der Waals surface area (Å²) in [5.74, 6) is -0.845. The fourth-order valence-corrected chi connectivity index (χ4v) is 5.49. The van der Waals surface area contributed by atoms with Gasteiger partial charge in [0.15, 0.2) is 0 Å². The molecule has 2 aromatic heterocycles. The summed E-state index contributed by atoms with van der Waals surface area (Å²) in [7, 11) is 0. The van der Waals surface area contributed by atoms with Crippen molar-refractivity contribution < 1.29 is 23.9 Å². The lowest BCUT2D eigenvalue weighted by molar-refractivity contribution is -0.146. The van der Waals surface area contributed by atoms with E-state index in [-0.39, 0.29) is 42.8 Å². The van der Waals surface area contributed by atoms with Crippen molar-refractivity contribution in [1.82, 2.24) is 15.3 Å². The number of esters is 2. The molecule has 0 radical (unpaired) electrons. The molecule has 0 bridgehead atoms. The summed E-state index contributed by atoms with van der Waals surface area (Å²) in [6, 6.07) is 2.64. The van der Waals surface area contributed by atoms with Crippen LogP contribution in [0.3, 0.4) is 0 Å². The Hall–Kier alpha value is -3.06. The zero-order chi connectivity index (χ0) is 25.4. The fourth-order valence-electron chi connectivity index (χ4n) is 3.44. The minimum absolute atomic E-state index is 0.00550. The number of rotatable bonds is 11. The largest absolute Gasteiger partial charge is 0.466 e. The number of ether oxygens (including phenoxy) is 2. The van der Waals surface area contributed by atoms with Crippen molar-refractivity contribution in [2.24, 2.45) is 0 Å². The van der Waals surface area contributed by atoms with Crippen LogP contribution in [-0.4, -0.2) is 58.9 Å². The maximum absolute atomic E-state index is 12.8. The smallest absolute Gasteiger partial charge is 0.328 e. The first-order chi connectivity index (χ1) is 16.8. The molecule has 0 saturated heterocycles. The fraction of sp³-hybridized carbons (Fsp3) is 0.500. The molecule has 0 aromatic carbocycles. The Morgan fingerprint density at radius 3 is 2.77 bits per heavy atom. The van der Waals surface area contributed by atoms with Crippen molar-refractivity contribution >= 4 is 52.7 Å². The molecular formula is C22H29N5O6S2. The molecule has 35 heavy (non-hydrogen) atoms. The third kappa shape index (κ3) is 7.46. The standard InChI is InChI=1S/C22H29N5O6S2/c1-3-32-16(28)10-8-14(21(31)33-4-2)25-19(29)15-9-7-12(34-15)5-6-13-11-24-18-17(35-13)20(30)27-22(23)26-18/h7,9,13-14H,3-6,8,10-11H2,1-2H3,(H,25,29)(H4,23,24,26,27,30)/t13-,14+/m1/s1. The highest BCUT2D eigenvalue weighted by molar-refractivity contribution is 8.00. The number of thiophene rings is 1. The first-order valence-corrected chi connectivity index (χ1v) is 13.0. The summed E-state index contributed by atoms with van der Waals surface area (Å²) >= 11 is 2.80. The number of carbonyl (C=O) groups excluding carboxylic acids is 3. The number of aromatic nitrogens is 2. The van der Waals surface area contributed by atoms with Crippen molar-refractivity contribution in [2.45, 2.75) is 55.7 Å². The van der Waals surface area contributed by atoms with E-state index < -0.39 is 23.9 Å². The van der Waals surface area contributed by atoms with E-state index in [1.807, 2.05) is 6.07 Å². The SMILES string of the molecule is CCOC(=O)CC[C@H](NC(=O)c1ccc(CC[C@@H]2CNc3nc(N)[nH]c(=O)c3S2)s1)C(=O)OCC. The van der Waals surface area contributed by atoms with Crippen molar-refractivity contribution in [3.8, 4) is 0 Å². The molecule has 2 aromatic rings. The van der Waals surface area contributed by atoms with Crippen LogP contribution in [0.4, 0.5) is 11.8 Å². The molecule has 0 spiro atoms. The van der Waals surface area contributed by atoms with Crippen LogP contribution in [0.15, 0.2) is 21.8 Å². The Balaban J connectivity index is 1.55. The molecule has 13 heteroatoms. The minimum atomic E-state index is -0.942. The van der Waals surface area contributed by atoms with Crippen molar-refractivity contribution in [3.05, 3.63) is 32.2 Å². The molecule has 0 saturated carbocycles. The lowest BCUT2D eigenvalue weighted by Gasteiger charge is -2.23. The third-order valence-electron chi connectivity index (χ3n) is 5.09. The maximum Gasteiger partial charge on any atom is 0.328 e. The molecule has 3 heterocycles. The molecule has 0 unspecified atom stereocenters. The Bertz CT molecular complexity index is 1120. The number of nitrogens with one attached hydrogen (secondary N) is 3. The van der Waals surface area contributed by atoms with Gasteiger partial charge in [0.2, 0.25) is 5.95 Å². The Morgan fingerprint density at radius 2 is 2.03 bits per heavy atom. The van der Waals surface area contributed by atoms with Gasteiger partial charge in [-0.3, -0.25) is 19.4 Å². The van der Waals surface area contributed by atoms with Crippen molar-refractivity contribution in [3.63, 3.8) is 0 Å². The van der Waals surface area contributed by atoms with E-state index in [0.717, 1.165) is 17.7 Å². The second-order valence-corrected chi connectivity index (χ2v) is 10.2. The number of carbonyl (C=O) groups is 3. The van der Waals surface area contributed by atoms with Crippen LogP contribution in [0.2, 0.25) is 0 Å². The number of fused-ring (bicyclic) bond motifs is 1. The van der Waals surface area contributed by atoms with Crippen LogP contribution in [0.1, 0.15) is 47.7 Å². The first-order valence-electron chi connectivity index (χ1n) is 11.3. The lowest BCUT2D eigenvalue weighted by atomic mass is 10.1. The average molecular weight is 524 g/mol. The summed E-state index contributed by atoms with van der Waals surface area (Å²) in [4.78, 5) is 57.5. The third-order valence-corrected chi connectivity index (χ3v) is 7.59. The number of aryl methyl sites for hydroxylation is 1. The topological polar surface area (TPSA) is 165 Å². The number of H-pyrrole nitrogens is 1. The minimum Gasteiger partial charge on any atom is -0.466 e. The summed E-state index contributed by atoms with van der Waals surface area (Å²) < 4.78 is 9.93. The molecular weight excluding hydrogens is 494 g/mol. The number of anilines is 2. The highest BCUT2D eigenvalue weighted by Gasteiger charge is 2.26.